The SMILES string of the molecule is BrCCC#Cc1ccccc1Br. The summed E-state index contributed by atoms with van der Waals surface area (Å²) in [5, 5.41) is 0.935. The molecule has 0 bridgehead atoms. The van der Waals surface area contributed by atoms with Crippen molar-refractivity contribution in [3.05, 3.63) is 34.3 Å². The molecule has 0 N–H and O–H groups in total. The van der Waals surface area contributed by atoms with Gasteiger partial charge in [0.05, 0.1) is 0 Å². The van der Waals surface area contributed by atoms with Crippen LogP contribution < -0.4 is 0 Å². The quantitative estimate of drug-likeness (QED) is 0.547. The van der Waals surface area contributed by atoms with E-state index < -0.39 is 0 Å². The van der Waals surface area contributed by atoms with Gasteiger partial charge in [-0.2, -0.15) is 0 Å². The molecule has 1 aromatic rings. The molecule has 1 rings (SSSR count). The first kappa shape index (κ1) is 9.83. The van der Waals surface area contributed by atoms with Crippen LogP contribution >= 0.6 is 31.9 Å². The second-order valence-corrected chi connectivity index (χ2v) is 3.87. The van der Waals surface area contributed by atoms with E-state index in [1.54, 1.807) is 0 Å². The minimum atomic E-state index is 0.890. The van der Waals surface area contributed by atoms with Gasteiger partial charge in [-0.1, -0.05) is 39.9 Å². The zero-order chi connectivity index (χ0) is 8.81. The molecule has 0 spiro atoms. The predicted molar refractivity (Wildman–Crippen MR) is 59.4 cm³/mol. The summed E-state index contributed by atoms with van der Waals surface area (Å²) in [5.41, 5.74) is 1.05. The summed E-state index contributed by atoms with van der Waals surface area (Å²) in [7, 11) is 0. The number of benzene rings is 1. The molecule has 12 heavy (non-hydrogen) atoms. The van der Waals surface area contributed by atoms with Gasteiger partial charge in [0, 0.05) is 21.8 Å². The maximum Gasteiger partial charge on any atom is 0.0387 e. The van der Waals surface area contributed by atoms with E-state index in [9.17, 15) is 0 Å². The van der Waals surface area contributed by atoms with Gasteiger partial charge >= 0.3 is 0 Å². The highest BCUT2D eigenvalue weighted by molar-refractivity contribution is 9.10. The Bertz CT molecular complexity index is 307. The van der Waals surface area contributed by atoms with Crippen LogP contribution in [0.5, 0.6) is 0 Å². The molecule has 62 valence electrons. The van der Waals surface area contributed by atoms with Gasteiger partial charge < -0.3 is 0 Å². The van der Waals surface area contributed by atoms with E-state index in [4.69, 9.17) is 0 Å². The van der Waals surface area contributed by atoms with Crippen LogP contribution in [0, 0.1) is 11.8 Å². The Morgan fingerprint density at radius 3 is 2.67 bits per heavy atom. The average molecular weight is 288 g/mol. The van der Waals surface area contributed by atoms with Crippen molar-refractivity contribution in [3.8, 4) is 11.8 Å². The summed E-state index contributed by atoms with van der Waals surface area (Å²) in [4.78, 5) is 0. The van der Waals surface area contributed by atoms with Crippen molar-refractivity contribution in [1.82, 2.24) is 0 Å². The van der Waals surface area contributed by atoms with Gasteiger partial charge in [-0.25, -0.2) is 0 Å². The van der Waals surface area contributed by atoms with Crippen molar-refractivity contribution >= 4 is 31.9 Å². The molecular formula is C10H8Br2. The lowest BCUT2D eigenvalue weighted by Gasteiger charge is -1.92. The molecule has 0 atom stereocenters. The summed E-state index contributed by atoms with van der Waals surface area (Å²) in [6, 6.07) is 7.98. The van der Waals surface area contributed by atoms with Crippen molar-refractivity contribution in [3.63, 3.8) is 0 Å². The second kappa shape index (κ2) is 5.40. The van der Waals surface area contributed by atoms with Gasteiger partial charge in [-0.05, 0) is 28.1 Å². The number of rotatable bonds is 1. The molecular weight excluding hydrogens is 280 g/mol. The molecule has 0 amide bonds. The van der Waals surface area contributed by atoms with Crippen LogP contribution in [0.3, 0.4) is 0 Å². The first-order valence-corrected chi connectivity index (χ1v) is 5.55. The molecule has 0 aliphatic rings. The monoisotopic (exact) mass is 286 g/mol. The maximum atomic E-state index is 3.43. The summed E-state index contributed by atoms with van der Waals surface area (Å²) >= 11 is 6.76. The largest absolute Gasteiger partial charge is 0.0970 e. The number of hydrogen-bond donors (Lipinski definition) is 0. The van der Waals surface area contributed by atoms with Crippen LogP contribution in [0.2, 0.25) is 0 Å². The lowest BCUT2D eigenvalue weighted by molar-refractivity contribution is 1.32. The van der Waals surface area contributed by atoms with E-state index >= 15 is 0 Å². The third-order valence-corrected chi connectivity index (χ3v) is 2.40. The Hall–Kier alpha value is -0.260. The summed E-state index contributed by atoms with van der Waals surface area (Å²) in [5.74, 6) is 6.15. The first-order valence-electron chi connectivity index (χ1n) is 3.64. The van der Waals surface area contributed by atoms with E-state index in [2.05, 4.69) is 43.7 Å². The van der Waals surface area contributed by atoms with Crippen LogP contribution in [0.15, 0.2) is 28.7 Å². The smallest absolute Gasteiger partial charge is 0.0387 e. The average Bonchev–Trinajstić information content (AvgIpc) is 2.09. The third kappa shape index (κ3) is 3.00. The van der Waals surface area contributed by atoms with E-state index in [-0.39, 0.29) is 0 Å². The van der Waals surface area contributed by atoms with Crippen LogP contribution in [-0.2, 0) is 0 Å². The molecule has 0 aliphatic heterocycles. The van der Waals surface area contributed by atoms with Crippen LogP contribution in [0.1, 0.15) is 12.0 Å². The van der Waals surface area contributed by atoms with Crippen molar-refractivity contribution in [1.29, 1.82) is 0 Å². The molecule has 0 saturated carbocycles. The third-order valence-electron chi connectivity index (χ3n) is 1.32. The Balaban J connectivity index is 2.77. The minimum Gasteiger partial charge on any atom is -0.0970 e. The van der Waals surface area contributed by atoms with Crippen molar-refractivity contribution < 1.29 is 0 Å². The van der Waals surface area contributed by atoms with Crippen LogP contribution in [0.4, 0.5) is 0 Å². The Kier molecular flexibility index (Phi) is 4.42. The molecule has 0 heterocycles. The Morgan fingerprint density at radius 2 is 2.00 bits per heavy atom. The zero-order valence-electron chi connectivity index (χ0n) is 6.48. The summed E-state index contributed by atoms with van der Waals surface area (Å²) < 4.78 is 1.06. The van der Waals surface area contributed by atoms with Gasteiger partial charge in [-0.15, -0.1) is 0 Å². The fraction of sp³-hybridized carbons (Fsp3) is 0.200. The highest BCUT2D eigenvalue weighted by Crippen LogP contribution is 2.14. The molecule has 0 unspecified atom stereocenters. The first-order chi connectivity index (χ1) is 5.84. The molecule has 0 radical (unpaired) electrons. The van der Waals surface area contributed by atoms with E-state index in [1.807, 2.05) is 24.3 Å². The topological polar surface area (TPSA) is 0 Å². The molecule has 0 nitrogen and oxygen atoms in total. The normalized spacial score (nSPS) is 8.83. The fourth-order valence-corrected chi connectivity index (χ4v) is 1.35. The van der Waals surface area contributed by atoms with Crippen LogP contribution in [-0.4, -0.2) is 5.33 Å². The second-order valence-electron chi connectivity index (χ2n) is 2.22. The fourth-order valence-electron chi connectivity index (χ4n) is 0.768. The van der Waals surface area contributed by atoms with E-state index in [0.29, 0.717) is 0 Å². The number of alkyl halides is 1. The Morgan fingerprint density at radius 1 is 1.25 bits per heavy atom. The molecule has 0 fully saturated rings. The highest BCUT2D eigenvalue weighted by Gasteiger charge is 1.91. The molecule has 1 aromatic carbocycles. The molecule has 0 aliphatic carbocycles. The highest BCUT2D eigenvalue weighted by atomic mass is 79.9. The lowest BCUT2D eigenvalue weighted by Crippen LogP contribution is -1.75. The maximum absolute atomic E-state index is 3.43. The summed E-state index contributed by atoms with van der Waals surface area (Å²) in [6.45, 7) is 0. The zero-order valence-corrected chi connectivity index (χ0v) is 9.65. The van der Waals surface area contributed by atoms with Crippen molar-refractivity contribution in [2.75, 3.05) is 5.33 Å². The van der Waals surface area contributed by atoms with Gasteiger partial charge in [0.25, 0.3) is 0 Å². The summed E-state index contributed by atoms with van der Waals surface area (Å²) in [6.07, 6.45) is 0.890. The molecule has 0 saturated heterocycles. The lowest BCUT2D eigenvalue weighted by atomic mass is 10.2. The van der Waals surface area contributed by atoms with Gasteiger partial charge in [0.2, 0.25) is 0 Å². The number of hydrogen-bond acceptors (Lipinski definition) is 0. The number of halogens is 2. The van der Waals surface area contributed by atoms with Gasteiger partial charge in [0.15, 0.2) is 0 Å². The van der Waals surface area contributed by atoms with Crippen molar-refractivity contribution in [2.45, 2.75) is 6.42 Å². The predicted octanol–water partition coefficient (Wildman–Crippen LogP) is 3.59. The standard InChI is InChI=1S/C10H8Br2/c11-8-4-3-6-9-5-1-2-7-10(9)12/h1-2,5,7H,4,8H2. The van der Waals surface area contributed by atoms with Gasteiger partial charge in [-0.3, -0.25) is 0 Å². The molecule has 2 heteroatoms. The van der Waals surface area contributed by atoms with E-state index in [1.165, 1.54) is 0 Å². The van der Waals surface area contributed by atoms with E-state index in [0.717, 1.165) is 21.8 Å². The minimum absolute atomic E-state index is 0.890. The Labute approximate surface area is 89.6 Å². The van der Waals surface area contributed by atoms with Crippen LogP contribution in [0.25, 0.3) is 0 Å². The van der Waals surface area contributed by atoms with Crippen molar-refractivity contribution in [2.24, 2.45) is 0 Å². The molecule has 0 aromatic heterocycles. The van der Waals surface area contributed by atoms with Gasteiger partial charge in [0.1, 0.15) is 0 Å².